The summed E-state index contributed by atoms with van der Waals surface area (Å²) in [7, 11) is 2.15. The average molecular weight is 250 g/mol. The van der Waals surface area contributed by atoms with Crippen molar-refractivity contribution in [3.8, 4) is 0 Å². The van der Waals surface area contributed by atoms with Gasteiger partial charge in [0.25, 0.3) is 0 Å². The second kappa shape index (κ2) is 6.07. The van der Waals surface area contributed by atoms with Gasteiger partial charge in [-0.3, -0.25) is 0 Å². The minimum absolute atomic E-state index is 0.875. The van der Waals surface area contributed by atoms with Gasteiger partial charge in [0.05, 0.1) is 0 Å². The van der Waals surface area contributed by atoms with Crippen LogP contribution in [0.15, 0.2) is 29.0 Å². The van der Waals surface area contributed by atoms with Crippen LogP contribution in [0.1, 0.15) is 12.0 Å². The summed E-state index contributed by atoms with van der Waals surface area (Å²) in [4.78, 5) is 6.44. The molecular weight excluding hydrogens is 232 g/mol. The number of thiol groups is 1. The lowest BCUT2D eigenvalue weighted by atomic mass is 10.1. The summed E-state index contributed by atoms with van der Waals surface area (Å²) in [6.07, 6.45) is 3.67. The van der Waals surface area contributed by atoms with Gasteiger partial charge in [-0.2, -0.15) is 12.6 Å². The lowest BCUT2D eigenvalue weighted by molar-refractivity contribution is 0.340. The summed E-state index contributed by atoms with van der Waals surface area (Å²) in [6, 6.07) is 6.22. The molecule has 0 N–H and O–H groups in total. The lowest BCUT2D eigenvalue weighted by Gasteiger charge is -2.15. The van der Waals surface area contributed by atoms with E-state index in [9.17, 15) is 0 Å². The van der Waals surface area contributed by atoms with Gasteiger partial charge in [-0.25, -0.2) is 4.98 Å². The van der Waals surface area contributed by atoms with Crippen LogP contribution < -0.4 is 0 Å². The van der Waals surface area contributed by atoms with Crippen LogP contribution in [-0.4, -0.2) is 35.8 Å². The summed E-state index contributed by atoms with van der Waals surface area (Å²) >= 11 is 4.22. The minimum Gasteiger partial charge on any atom is -0.443 e. The van der Waals surface area contributed by atoms with E-state index in [0.29, 0.717) is 0 Å². The maximum atomic E-state index is 5.30. The number of aromatic nitrogens is 1. The monoisotopic (exact) mass is 250 g/mol. The molecule has 1 aromatic heterocycles. The Labute approximate surface area is 107 Å². The molecule has 0 aliphatic heterocycles. The number of fused-ring (bicyclic) bond motifs is 1. The first kappa shape index (κ1) is 12.5. The van der Waals surface area contributed by atoms with E-state index in [4.69, 9.17) is 4.42 Å². The molecule has 3 nitrogen and oxygen atoms in total. The van der Waals surface area contributed by atoms with E-state index in [2.05, 4.69) is 41.7 Å². The third-order valence-corrected chi connectivity index (χ3v) is 3.19. The number of likely N-dealkylation sites (N-methyl/N-ethyl adjacent to an activating group) is 1. The van der Waals surface area contributed by atoms with Crippen LogP contribution in [0.2, 0.25) is 0 Å². The first-order valence-electron chi connectivity index (χ1n) is 5.91. The predicted molar refractivity (Wildman–Crippen MR) is 73.7 cm³/mol. The van der Waals surface area contributed by atoms with Crippen LogP contribution in [0.5, 0.6) is 0 Å². The molecule has 0 fully saturated rings. The molecule has 0 aliphatic rings. The fourth-order valence-electron chi connectivity index (χ4n) is 1.83. The van der Waals surface area contributed by atoms with E-state index in [-0.39, 0.29) is 0 Å². The van der Waals surface area contributed by atoms with Gasteiger partial charge in [0, 0.05) is 6.54 Å². The second-order valence-corrected chi connectivity index (χ2v) is 4.73. The summed E-state index contributed by atoms with van der Waals surface area (Å²) in [5.74, 6) is 0.953. The summed E-state index contributed by atoms with van der Waals surface area (Å²) in [5, 5.41) is 0. The molecule has 92 valence electrons. The quantitative estimate of drug-likeness (QED) is 0.799. The highest BCUT2D eigenvalue weighted by molar-refractivity contribution is 7.80. The van der Waals surface area contributed by atoms with Crippen molar-refractivity contribution in [3.63, 3.8) is 0 Å². The van der Waals surface area contributed by atoms with Crippen LogP contribution in [0.4, 0.5) is 0 Å². The van der Waals surface area contributed by atoms with Gasteiger partial charge >= 0.3 is 0 Å². The Bertz CT molecular complexity index is 469. The molecule has 0 saturated heterocycles. The zero-order valence-electron chi connectivity index (χ0n) is 10.1. The summed E-state index contributed by atoms with van der Waals surface area (Å²) in [6.45, 7) is 2.17. The molecule has 0 atom stereocenters. The van der Waals surface area contributed by atoms with Crippen LogP contribution in [-0.2, 0) is 6.42 Å². The van der Waals surface area contributed by atoms with Crippen LogP contribution in [0.3, 0.4) is 0 Å². The van der Waals surface area contributed by atoms with Gasteiger partial charge in [0.15, 0.2) is 12.0 Å². The van der Waals surface area contributed by atoms with Crippen molar-refractivity contribution in [3.05, 3.63) is 30.2 Å². The molecule has 0 amide bonds. The Morgan fingerprint density at radius 3 is 3.06 bits per heavy atom. The zero-order valence-corrected chi connectivity index (χ0v) is 11.0. The van der Waals surface area contributed by atoms with Crippen molar-refractivity contribution in [1.29, 1.82) is 0 Å². The number of nitrogens with zero attached hydrogens (tertiary/aromatic N) is 2. The van der Waals surface area contributed by atoms with Crippen molar-refractivity contribution in [2.45, 2.75) is 12.8 Å². The molecule has 17 heavy (non-hydrogen) atoms. The number of rotatable bonds is 6. The maximum Gasteiger partial charge on any atom is 0.181 e. The molecule has 0 saturated carbocycles. The molecule has 2 rings (SSSR count). The van der Waals surface area contributed by atoms with Crippen molar-refractivity contribution in [2.75, 3.05) is 25.9 Å². The number of benzene rings is 1. The summed E-state index contributed by atoms with van der Waals surface area (Å²) < 4.78 is 5.30. The van der Waals surface area contributed by atoms with E-state index in [0.717, 1.165) is 42.8 Å². The molecule has 2 aromatic rings. The minimum atomic E-state index is 0.875. The molecule has 0 aliphatic carbocycles. The van der Waals surface area contributed by atoms with E-state index >= 15 is 0 Å². The largest absolute Gasteiger partial charge is 0.443 e. The molecule has 1 aromatic carbocycles. The maximum absolute atomic E-state index is 5.30. The normalized spacial score (nSPS) is 11.5. The molecule has 0 unspecified atom stereocenters. The van der Waals surface area contributed by atoms with Gasteiger partial charge in [0.2, 0.25) is 0 Å². The molecule has 0 radical (unpaired) electrons. The number of hydrogen-bond donors (Lipinski definition) is 1. The average Bonchev–Trinajstić information content (AvgIpc) is 2.81. The molecule has 1 heterocycles. The standard InChI is InChI=1S/C13H18N2OS/c1-15(6-2-8-17)7-5-11-3-4-12-13(9-11)16-10-14-12/h3-4,9-10,17H,2,5-8H2,1H3. The highest BCUT2D eigenvalue weighted by atomic mass is 32.1. The van der Waals surface area contributed by atoms with E-state index in [1.165, 1.54) is 12.0 Å². The Kier molecular flexibility index (Phi) is 4.45. The zero-order chi connectivity index (χ0) is 12.1. The van der Waals surface area contributed by atoms with Crippen LogP contribution >= 0.6 is 12.6 Å². The SMILES string of the molecule is CN(CCCS)CCc1ccc2ncoc2c1. The first-order valence-corrected chi connectivity index (χ1v) is 6.54. The lowest BCUT2D eigenvalue weighted by Crippen LogP contribution is -2.22. The fourth-order valence-corrected chi connectivity index (χ4v) is 1.97. The van der Waals surface area contributed by atoms with Crippen LogP contribution in [0, 0.1) is 0 Å². The van der Waals surface area contributed by atoms with Crippen molar-refractivity contribution < 1.29 is 4.42 Å². The topological polar surface area (TPSA) is 29.3 Å². The van der Waals surface area contributed by atoms with Gasteiger partial charge in [-0.15, -0.1) is 0 Å². The van der Waals surface area contributed by atoms with Gasteiger partial charge < -0.3 is 9.32 Å². The molecule has 4 heteroatoms. The van der Waals surface area contributed by atoms with Crippen molar-refractivity contribution in [2.24, 2.45) is 0 Å². The fraction of sp³-hybridized carbons (Fsp3) is 0.462. The Morgan fingerprint density at radius 1 is 1.35 bits per heavy atom. The number of hydrogen-bond acceptors (Lipinski definition) is 4. The first-order chi connectivity index (χ1) is 8.29. The van der Waals surface area contributed by atoms with Crippen LogP contribution in [0.25, 0.3) is 11.1 Å². The molecule has 0 bridgehead atoms. The number of oxazole rings is 1. The van der Waals surface area contributed by atoms with Crippen molar-refractivity contribution in [1.82, 2.24) is 9.88 Å². The Balaban J connectivity index is 1.89. The predicted octanol–water partition coefficient (Wildman–Crippen LogP) is 2.62. The van der Waals surface area contributed by atoms with Gasteiger partial charge in [0.1, 0.15) is 5.52 Å². The van der Waals surface area contributed by atoms with Gasteiger partial charge in [-0.1, -0.05) is 6.07 Å². The Hall–Kier alpha value is -1.00. The van der Waals surface area contributed by atoms with E-state index in [1.807, 2.05) is 6.07 Å². The van der Waals surface area contributed by atoms with E-state index < -0.39 is 0 Å². The second-order valence-electron chi connectivity index (χ2n) is 4.28. The summed E-state index contributed by atoms with van der Waals surface area (Å²) in [5.41, 5.74) is 3.10. The van der Waals surface area contributed by atoms with E-state index in [1.54, 1.807) is 0 Å². The third-order valence-electron chi connectivity index (χ3n) is 2.88. The molecular formula is C13H18N2OS. The van der Waals surface area contributed by atoms with Crippen molar-refractivity contribution >= 4 is 23.7 Å². The van der Waals surface area contributed by atoms with Gasteiger partial charge in [-0.05, 0) is 49.9 Å². The smallest absolute Gasteiger partial charge is 0.181 e. The highest BCUT2D eigenvalue weighted by Crippen LogP contribution is 2.14. The third kappa shape index (κ3) is 3.48. The highest BCUT2D eigenvalue weighted by Gasteiger charge is 2.02. The molecule has 0 spiro atoms. The Morgan fingerprint density at radius 2 is 2.24 bits per heavy atom.